The van der Waals surface area contributed by atoms with Gasteiger partial charge < -0.3 is 10.1 Å². The van der Waals surface area contributed by atoms with Crippen molar-refractivity contribution in [3.05, 3.63) is 47.5 Å². The Morgan fingerprint density at radius 3 is 2.52 bits per heavy atom. The maximum Gasteiger partial charge on any atom is 0.242 e. The lowest BCUT2D eigenvalue weighted by Gasteiger charge is -2.20. The minimum atomic E-state index is -3.89. The van der Waals surface area contributed by atoms with E-state index in [0.717, 1.165) is 15.2 Å². The van der Waals surface area contributed by atoms with Crippen LogP contribution in [0.5, 0.6) is 5.75 Å². The number of amides is 1. The number of carbonyl (C=O) groups is 1. The quantitative estimate of drug-likeness (QED) is 0.494. The molecule has 0 unspecified atom stereocenters. The normalized spacial score (nSPS) is 12.8. The largest absolute Gasteiger partial charge is 0.494 e. The summed E-state index contributed by atoms with van der Waals surface area (Å²) in [7, 11) is -3.89. The maximum absolute atomic E-state index is 13.0. The Balaban J connectivity index is 1.79. The van der Waals surface area contributed by atoms with Crippen LogP contribution >= 0.6 is 11.3 Å². The van der Waals surface area contributed by atoms with Crippen LogP contribution in [0.2, 0.25) is 0 Å². The molecule has 3 rings (SSSR count). The minimum absolute atomic E-state index is 0.116. The van der Waals surface area contributed by atoms with Crippen molar-refractivity contribution in [1.82, 2.24) is 9.71 Å². The highest BCUT2D eigenvalue weighted by molar-refractivity contribution is 7.89. The predicted molar refractivity (Wildman–Crippen MR) is 124 cm³/mol. The van der Waals surface area contributed by atoms with Gasteiger partial charge in [0.2, 0.25) is 15.9 Å². The van der Waals surface area contributed by atoms with Crippen molar-refractivity contribution in [1.29, 1.82) is 0 Å². The lowest BCUT2D eigenvalue weighted by Crippen LogP contribution is -2.44. The second-order valence-corrected chi connectivity index (χ2v) is 10.6. The number of hydrogen-bond acceptors (Lipinski definition) is 6. The van der Waals surface area contributed by atoms with E-state index >= 15 is 0 Å². The third kappa shape index (κ3) is 6.03. The third-order valence-electron chi connectivity index (χ3n) is 4.53. The minimum Gasteiger partial charge on any atom is -0.494 e. The summed E-state index contributed by atoms with van der Waals surface area (Å²) in [5, 5.41) is 3.66. The first-order chi connectivity index (χ1) is 14.7. The van der Waals surface area contributed by atoms with E-state index in [1.807, 2.05) is 27.7 Å². The molecule has 0 fully saturated rings. The van der Waals surface area contributed by atoms with Gasteiger partial charge in [-0.15, -0.1) is 11.3 Å². The summed E-state index contributed by atoms with van der Waals surface area (Å²) in [5.41, 5.74) is 1.33. The number of ether oxygens (including phenoxy) is 1. The van der Waals surface area contributed by atoms with Crippen LogP contribution in [0.25, 0.3) is 10.2 Å². The van der Waals surface area contributed by atoms with Gasteiger partial charge in [-0.1, -0.05) is 13.8 Å². The van der Waals surface area contributed by atoms with Crippen molar-refractivity contribution in [3.63, 3.8) is 0 Å². The summed E-state index contributed by atoms with van der Waals surface area (Å²) >= 11 is 1.43. The number of aromatic nitrogens is 1. The van der Waals surface area contributed by atoms with Crippen LogP contribution in [0.3, 0.4) is 0 Å². The van der Waals surface area contributed by atoms with E-state index in [-0.39, 0.29) is 10.8 Å². The lowest BCUT2D eigenvalue weighted by molar-refractivity contribution is -0.118. The highest BCUT2D eigenvalue weighted by atomic mass is 32.2. The molecule has 3 aromatic rings. The number of thiazole rings is 1. The first-order valence-corrected chi connectivity index (χ1v) is 12.4. The zero-order valence-corrected chi connectivity index (χ0v) is 19.6. The number of fused-ring (bicyclic) bond motifs is 1. The third-order valence-corrected chi connectivity index (χ3v) is 6.93. The van der Waals surface area contributed by atoms with Crippen LogP contribution < -0.4 is 14.8 Å². The van der Waals surface area contributed by atoms with Crippen molar-refractivity contribution in [2.75, 3.05) is 11.9 Å². The molecule has 2 aromatic carbocycles. The summed E-state index contributed by atoms with van der Waals surface area (Å²) in [5.74, 6) is 0.412. The Morgan fingerprint density at radius 2 is 1.87 bits per heavy atom. The SMILES string of the molecule is CCOc1ccc(NC(=O)[C@@H](CC(C)C)NS(=O)(=O)c2ccc3nc(C)sc3c2)cc1. The van der Waals surface area contributed by atoms with E-state index < -0.39 is 22.0 Å². The highest BCUT2D eigenvalue weighted by Gasteiger charge is 2.27. The topological polar surface area (TPSA) is 97.4 Å². The van der Waals surface area contributed by atoms with Crippen molar-refractivity contribution >= 4 is 43.2 Å². The van der Waals surface area contributed by atoms with E-state index in [4.69, 9.17) is 4.74 Å². The smallest absolute Gasteiger partial charge is 0.242 e. The second-order valence-electron chi connectivity index (χ2n) is 7.61. The molecular formula is C22H27N3O4S2. The van der Waals surface area contributed by atoms with Gasteiger partial charge in [0.15, 0.2) is 0 Å². The van der Waals surface area contributed by atoms with Gasteiger partial charge in [-0.25, -0.2) is 13.4 Å². The number of anilines is 1. The van der Waals surface area contributed by atoms with Crippen LogP contribution in [0.4, 0.5) is 5.69 Å². The van der Waals surface area contributed by atoms with E-state index in [1.54, 1.807) is 36.4 Å². The molecule has 0 saturated heterocycles. The van der Waals surface area contributed by atoms with Crippen molar-refractivity contribution in [2.45, 2.75) is 45.1 Å². The molecule has 7 nitrogen and oxygen atoms in total. The van der Waals surface area contributed by atoms with E-state index in [1.165, 1.54) is 17.4 Å². The molecular weight excluding hydrogens is 434 g/mol. The number of nitrogens with one attached hydrogen (secondary N) is 2. The first-order valence-electron chi connectivity index (χ1n) is 10.1. The Kier molecular flexibility index (Phi) is 7.30. The number of aryl methyl sites for hydroxylation is 1. The number of hydrogen-bond donors (Lipinski definition) is 2. The predicted octanol–water partition coefficient (Wildman–Crippen LogP) is 4.34. The van der Waals surface area contributed by atoms with E-state index in [0.29, 0.717) is 24.5 Å². The standard InChI is InChI=1S/C22H27N3O4S2/c1-5-29-17-8-6-16(7-9-17)24-22(26)20(12-14(2)3)25-31(27,28)18-10-11-19-21(13-18)30-15(4)23-19/h6-11,13-14,20,25H,5,12H2,1-4H3,(H,24,26)/t20-/m1/s1. The first kappa shape index (κ1) is 23.2. The fourth-order valence-electron chi connectivity index (χ4n) is 3.15. The molecule has 0 aliphatic rings. The summed E-state index contributed by atoms with van der Waals surface area (Å²) in [6.07, 6.45) is 0.365. The number of nitrogens with zero attached hydrogens (tertiary/aromatic N) is 1. The Bertz CT molecular complexity index is 1160. The van der Waals surface area contributed by atoms with Crippen LogP contribution in [0, 0.1) is 12.8 Å². The summed E-state index contributed by atoms with van der Waals surface area (Å²) in [4.78, 5) is 17.4. The molecule has 1 atom stereocenters. The number of benzene rings is 2. The molecule has 9 heteroatoms. The van der Waals surface area contributed by atoms with E-state index in [2.05, 4.69) is 15.0 Å². The fraction of sp³-hybridized carbons (Fsp3) is 0.364. The Labute approximate surface area is 186 Å². The van der Waals surface area contributed by atoms with Gasteiger partial charge in [-0.05, 0) is 68.7 Å². The van der Waals surface area contributed by atoms with Crippen LogP contribution in [0.1, 0.15) is 32.2 Å². The van der Waals surface area contributed by atoms with Gasteiger partial charge in [0.1, 0.15) is 11.8 Å². The van der Waals surface area contributed by atoms with Crippen molar-refractivity contribution < 1.29 is 17.9 Å². The summed E-state index contributed by atoms with van der Waals surface area (Å²) < 4.78 is 34.8. The van der Waals surface area contributed by atoms with Gasteiger partial charge in [0.25, 0.3) is 0 Å². The van der Waals surface area contributed by atoms with Gasteiger partial charge in [-0.3, -0.25) is 4.79 Å². The molecule has 0 radical (unpaired) electrons. The zero-order valence-electron chi connectivity index (χ0n) is 18.0. The zero-order chi connectivity index (χ0) is 22.6. The van der Waals surface area contributed by atoms with Gasteiger partial charge in [0, 0.05) is 5.69 Å². The molecule has 0 spiro atoms. The summed E-state index contributed by atoms with van der Waals surface area (Å²) in [6.45, 7) is 8.21. The van der Waals surface area contributed by atoms with Crippen LogP contribution in [-0.4, -0.2) is 32.0 Å². The van der Waals surface area contributed by atoms with E-state index in [9.17, 15) is 13.2 Å². The molecule has 1 heterocycles. The number of sulfonamides is 1. The van der Waals surface area contributed by atoms with Crippen LogP contribution in [0.15, 0.2) is 47.4 Å². The molecule has 0 aliphatic heterocycles. The Morgan fingerprint density at radius 1 is 1.16 bits per heavy atom. The molecule has 2 N–H and O–H groups in total. The molecule has 1 amide bonds. The fourth-order valence-corrected chi connectivity index (χ4v) is 5.33. The van der Waals surface area contributed by atoms with Crippen LogP contribution in [-0.2, 0) is 14.8 Å². The molecule has 1 aromatic heterocycles. The molecule has 0 saturated carbocycles. The number of rotatable bonds is 9. The van der Waals surface area contributed by atoms with Gasteiger partial charge >= 0.3 is 0 Å². The van der Waals surface area contributed by atoms with Crippen molar-refractivity contribution in [3.8, 4) is 5.75 Å². The average molecular weight is 462 g/mol. The Hall–Kier alpha value is -2.49. The maximum atomic E-state index is 13.0. The molecule has 0 aliphatic carbocycles. The second kappa shape index (κ2) is 9.76. The average Bonchev–Trinajstić information content (AvgIpc) is 3.08. The lowest BCUT2D eigenvalue weighted by atomic mass is 10.0. The van der Waals surface area contributed by atoms with Crippen molar-refractivity contribution in [2.24, 2.45) is 5.92 Å². The van der Waals surface area contributed by atoms with Gasteiger partial charge in [0.05, 0.1) is 26.7 Å². The van der Waals surface area contributed by atoms with Gasteiger partial charge in [-0.2, -0.15) is 4.72 Å². The number of carbonyl (C=O) groups excluding carboxylic acids is 1. The molecule has 166 valence electrons. The monoisotopic (exact) mass is 461 g/mol. The molecule has 31 heavy (non-hydrogen) atoms. The highest BCUT2D eigenvalue weighted by Crippen LogP contribution is 2.25. The summed E-state index contributed by atoms with van der Waals surface area (Å²) in [6, 6.07) is 10.9. The molecule has 0 bridgehead atoms.